The summed E-state index contributed by atoms with van der Waals surface area (Å²) in [6.45, 7) is 12.6. The zero-order chi connectivity index (χ0) is 19.5. The van der Waals surface area contributed by atoms with Gasteiger partial charge >= 0.3 is 0 Å². The van der Waals surface area contributed by atoms with Crippen LogP contribution in [0.15, 0.2) is 48.8 Å². The summed E-state index contributed by atoms with van der Waals surface area (Å²) in [5.74, 6) is -0.0344. The molecule has 1 unspecified atom stereocenters. The highest BCUT2D eigenvalue weighted by Gasteiger charge is 2.28. The predicted octanol–water partition coefficient (Wildman–Crippen LogP) is 4.47. The van der Waals surface area contributed by atoms with Crippen molar-refractivity contribution in [2.24, 2.45) is 0 Å². The molecule has 0 spiro atoms. The van der Waals surface area contributed by atoms with E-state index in [2.05, 4.69) is 55.3 Å². The van der Waals surface area contributed by atoms with Crippen LogP contribution < -0.4 is 10.2 Å². The molecule has 1 heterocycles. The number of carbonyl (C=O) groups is 1. The van der Waals surface area contributed by atoms with Gasteiger partial charge in [0.25, 0.3) is 0 Å². The Kier molecular flexibility index (Phi) is 5.74. The second-order valence-electron chi connectivity index (χ2n) is 8.84. The second kappa shape index (κ2) is 7.48. The van der Waals surface area contributed by atoms with Crippen LogP contribution >= 0.6 is 0 Å². The highest BCUT2D eigenvalue weighted by molar-refractivity contribution is 5.87. The van der Waals surface area contributed by atoms with Gasteiger partial charge in [-0.25, -0.2) is 0 Å². The number of pyridine rings is 1. The number of nitrogens with zero attached hydrogens (tertiary/aromatic N) is 2. The van der Waals surface area contributed by atoms with E-state index in [0.717, 1.165) is 11.3 Å². The molecule has 140 valence electrons. The van der Waals surface area contributed by atoms with E-state index < -0.39 is 6.04 Å². The lowest BCUT2D eigenvalue weighted by molar-refractivity contribution is -0.123. The topological polar surface area (TPSA) is 45.2 Å². The molecule has 1 atom stereocenters. The minimum atomic E-state index is -0.441. The first-order valence-electron chi connectivity index (χ1n) is 9.04. The molecule has 0 aliphatic heterocycles. The van der Waals surface area contributed by atoms with Gasteiger partial charge < -0.3 is 10.2 Å². The summed E-state index contributed by atoms with van der Waals surface area (Å²) in [6.07, 6.45) is 3.48. The van der Waals surface area contributed by atoms with Crippen molar-refractivity contribution in [2.45, 2.75) is 58.5 Å². The number of aromatic nitrogens is 1. The Bertz CT molecular complexity index is 725. The smallest absolute Gasteiger partial charge is 0.247 e. The molecule has 1 amide bonds. The molecular formula is C22H31N3O. The summed E-state index contributed by atoms with van der Waals surface area (Å²) >= 11 is 0. The third kappa shape index (κ3) is 5.07. The van der Waals surface area contributed by atoms with Gasteiger partial charge in [0.1, 0.15) is 6.04 Å². The van der Waals surface area contributed by atoms with Crippen molar-refractivity contribution in [3.05, 3.63) is 59.9 Å². The van der Waals surface area contributed by atoms with Gasteiger partial charge in [0.2, 0.25) is 5.91 Å². The number of likely N-dealkylation sites (N-methyl/N-ethyl adjacent to an activating group) is 1. The van der Waals surface area contributed by atoms with E-state index in [-0.39, 0.29) is 16.9 Å². The van der Waals surface area contributed by atoms with Gasteiger partial charge in [0.05, 0.1) is 0 Å². The SMILES string of the molecule is CN(c1ccc(C(C)(C)C)cc1)C(C(=O)NC(C)(C)C)c1cccnc1. The molecule has 2 aromatic rings. The van der Waals surface area contributed by atoms with Crippen molar-refractivity contribution in [3.8, 4) is 0 Å². The van der Waals surface area contributed by atoms with E-state index in [1.54, 1.807) is 12.4 Å². The van der Waals surface area contributed by atoms with E-state index >= 15 is 0 Å². The van der Waals surface area contributed by atoms with Crippen molar-refractivity contribution >= 4 is 11.6 Å². The fourth-order valence-electron chi connectivity index (χ4n) is 2.87. The van der Waals surface area contributed by atoms with E-state index in [1.165, 1.54) is 5.56 Å². The number of benzene rings is 1. The Hall–Kier alpha value is -2.36. The first-order chi connectivity index (χ1) is 12.0. The molecule has 1 aromatic carbocycles. The number of anilines is 1. The van der Waals surface area contributed by atoms with E-state index in [9.17, 15) is 4.79 Å². The summed E-state index contributed by atoms with van der Waals surface area (Å²) in [7, 11) is 1.95. The van der Waals surface area contributed by atoms with Gasteiger partial charge in [-0.3, -0.25) is 9.78 Å². The first kappa shape index (κ1) is 20.0. The molecule has 0 fully saturated rings. The summed E-state index contributed by atoms with van der Waals surface area (Å²) in [5, 5.41) is 3.10. The highest BCUT2D eigenvalue weighted by atomic mass is 16.2. The molecule has 4 heteroatoms. The molecular weight excluding hydrogens is 322 g/mol. The maximum absolute atomic E-state index is 13.0. The lowest BCUT2D eigenvalue weighted by Gasteiger charge is -2.32. The van der Waals surface area contributed by atoms with E-state index in [4.69, 9.17) is 0 Å². The Morgan fingerprint density at radius 2 is 1.65 bits per heavy atom. The van der Waals surface area contributed by atoms with Crippen LogP contribution in [-0.4, -0.2) is 23.5 Å². The van der Waals surface area contributed by atoms with Crippen LogP contribution in [0.5, 0.6) is 0 Å². The fraction of sp³-hybridized carbons (Fsp3) is 0.455. The summed E-state index contributed by atoms with van der Waals surface area (Å²) in [6, 6.07) is 11.8. The van der Waals surface area contributed by atoms with Crippen molar-refractivity contribution < 1.29 is 4.79 Å². The molecule has 0 radical (unpaired) electrons. The largest absolute Gasteiger partial charge is 0.359 e. The van der Waals surface area contributed by atoms with Crippen molar-refractivity contribution in [2.75, 3.05) is 11.9 Å². The van der Waals surface area contributed by atoms with Gasteiger partial charge in [0.15, 0.2) is 0 Å². The standard InChI is InChI=1S/C22H31N3O/c1-21(2,3)17-10-12-18(13-11-17)25(7)19(16-9-8-14-23-15-16)20(26)24-22(4,5)6/h8-15,19H,1-7H3,(H,24,26). The van der Waals surface area contributed by atoms with Gasteiger partial charge in [-0.15, -0.1) is 0 Å². The normalized spacial score (nSPS) is 13.2. The number of hydrogen-bond acceptors (Lipinski definition) is 3. The lowest BCUT2D eigenvalue weighted by atomic mass is 9.87. The van der Waals surface area contributed by atoms with Crippen LogP contribution in [-0.2, 0) is 10.2 Å². The molecule has 1 aromatic heterocycles. The minimum Gasteiger partial charge on any atom is -0.359 e. The summed E-state index contributed by atoms with van der Waals surface area (Å²) in [5.41, 5.74) is 2.94. The maximum Gasteiger partial charge on any atom is 0.247 e. The number of amides is 1. The Morgan fingerprint density at radius 3 is 2.12 bits per heavy atom. The highest BCUT2D eigenvalue weighted by Crippen LogP contribution is 2.29. The van der Waals surface area contributed by atoms with Crippen LogP contribution in [0.3, 0.4) is 0 Å². The third-order valence-electron chi connectivity index (χ3n) is 4.27. The summed E-state index contributed by atoms with van der Waals surface area (Å²) < 4.78 is 0. The Balaban J connectivity index is 2.37. The monoisotopic (exact) mass is 353 g/mol. The number of hydrogen-bond donors (Lipinski definition) is 1. The molecule has 1 N–H and O–H groups in total. The average molecular weight is 354 g/mol. The first-order valence-corrected chi connectivity index (χ1v) is 9.04. The van der Waals surface area contributed by atoms with Crippen LogP contribution in [0.2, 0.25) is 0 Å². The second-order valence-corrected chi connectivity index (χ2v) is 8.84. The molecule has 2 rings (SSSR count). The molecule has 0 aliphatic rings. The van der Waals surface area contributed by atoms with E-state index in [1.807, 2.05) is 44.9 Å². The molecule has 0 saturated heterocycles. The van der Waals surface area contributed by atoms with Crippen LogP contribution in [0.25, 0.3) is 0 Å². The molecule has 4 nitrogen and oxygen atoms in total. The zero-order valence-electron chi connectivity index (χ0n) is 17.0. The third-order valence-corrected chi connectivity index (χ3v) is 4.27. The van der Waals surface area contributed by atoms with Crippen LogP contribution in [0, 0.1) is 0 Å². The van der Waals surface area contributed by atoms with Crippen molar-refractivity contribution in [3.63, 3.8) is 0 Å². The quantitative estimate of drug-likeness (QED) is 0.882. The van der Waals surface area contributed by atoms with Gasteiger partial charge in [-0.05, 0) is 49.9 Å². The molecule has 0 saturated carbocycles. The molecule has 26 heavy (non-hydrogen) atoms. The maximum atomic E-state index is 13.0. The van der Waals surface area contributed by atoms with Gasteiger partial charge in [0, 0.05) is 36.2 Å². The van der Waals surface area contributed by atoms with Crippen molar-refractivity contribution in [1.82, 2.24) is 10.3 Å². The minimum absolute atomic E-state index is 0.0344. The molecule has 0 bridgehead atoms. The van der Waals surface area contributed by atoms with Gasteiger partial charge in [-0.1, -0.05) is 39.0 Å². The molecule has 0 aliphatic carbocycles. The van der Waals surface area contributed by atoms with Crippen molar-refractivity contribution in [1.29, 1.82) is 0 Å². The van der Waals surface area contributed by atoms with Gasteiger partial charge in [-0.2, -0.15) is 0 Å². The lowest BCUT2D eigenvalue weighted by Crippen LogP contribution is -2.47. The number of nitrogens with one attached hydrogen (secondary N) is 1. The van der Waals surface area contributed by atoms with Crippen LogP contribution in [0.1, 0.15) is 58.7 Å². The zero-order valence-corrected chi connectivity index (χ0v) is 17.0. The predicted molar refractivity (Wildman–Crippen MR) is 108 cm³/mol. The van der Waals surface area contributed by atoms with Crippen LogP contribution in [0.4, 0.5) is 5.69 Å². The number of carbonyl (C=O) groups excluding carboxylic acids is 1. The fourth-order valence-corrected chi connectivity index (χ4v) is 2.87. The average Bonchev–Trinajstić information content (AvgIpc) is 2.53. The Morgan fingerprint density at radius 1 is 1.04 bits per heavy atom. The number of rotatable bonds is 4. The van der Waals surface area contributed by atoms with E-state index in [0.29, 0.717) is 0 Å². The summed E-state index contributed by atoms with van der Waals surface area (Å²) in [4.78, 5) is 19.2. The Labute approximate surface area is 157 Å².